The molecule has 1 fully saturated rings. The van der Waals surface area contributed by atoms with Gasteiger partial charge in [0.05, 0.1) is 19.6 Å². The minimum Gasteiger partial charge on any atom is -0.497 e. The molecular formula is C23H33IN6O2. The molecule has 0 bridgehead atoms. The predicted octanol–water partition coefficient (Wildman–Crippen LogP) is 2.67. The lowest BCUT2D eigenvalue weighted by atomic mass is 9.97. The number of rotatable bonds is 8. The van der Waals surface area contributed by atoms with Gasteiger partial charge in [-0.25, -0.2) is 9.98 Å². The third kappa shape index (κ3) is 7.25. The Labute approximate surface area is 207 Å². The number of ether oxygens (including phenoxy) is 1. The minimum absolute atomic E-state index is 0. The van der Waals surface area contributed by atoms with E-state index in [4.69, 9.17) is 15.5 Å². The first kappa shape index (κ1) is 25.7. The van der Waals surface area contributed by atoms with Crippen molar-refractivity contribution in [1.82, 2.24) is 15.6 Å². The van der Waals surface area contributed by atoms with Gasteiger partial charge in [-0.3, -0.25) is 4.79 Å². The molecule has 4 N–H and O–H groups in total. The van der Waals surface area contributed by atoms with Crippen LogP contribution in [0.4, 0.5) is 5.82 Å². The van der Waals surface area contributed by atoms with Crippen molar-refractivity contribution in [2.24, 2.45) is 16.6 Å². The minimum atomic E-state index is -0.236. The smallest absolute Gasteiger partial charge is 0.222 e. The van der Waals surface area contributed by atoms with E-state index in [2.05, 4.69) is 26.6 Å². The van der Waals surface area contributed by atoms with Crippen LogP contribution in [-0.4, -0.2) is 43.6 Å². The fourth-order valence-corrected chi connectivity index (χ4v) is 3.68. The Bertz CT molecular complexity index is 890. The Morgan fingerprint density at radius 3 is 2.75 bits per heavy atom. The number of guanidine groups is 1. The van der Waals surface area contributed by atoms with Gasteiger partial charge in [-0.1, -0.05) is 18.2 Å². The number of anilines is 1. The van der Waals surface area contributed by atoms with Gasteiger partial charge in [0.1, 0.15) is 11.6 Å². The molecule has 2 heterocycles. The summed E-state index contributed by atoms with van der Waals surface area (Å²) in [6, 6.07) is 11.9. The Hall–Kier alpha value is -2.56. The second-order valence-corrected chi connectivity index (χ2v) is 7.57. The first-order chi connectivity index (χ1) is 15.1. The monoisotopic (exact) mass is 552 g/mol. The van der Waals surface area contributed by atoms with Gasteiger partial charge in [0.2, 0.25) is 5.91 Å². The molecule has 3 rings (SSSR count). The Balaban J connectivity index is 0.00000363. The van der Waals surface area contributed by atoms with Gasteiger partial charge in [0.25, 0.3) is 0 Å². The number of hydrogen-bond donors (Lipinski definition) is 3. The largest absolute Gasteiger partial charge is 0.497 e. The first-order valence-electron chi connectivity index (χ1n) is 10.7. The normalized spacial score (nSPS) is 16.1. The van der Waals surface area contributed by atoms with E-state index in [9.17, 15) is 4.79 Å². The van der Waals surface area contributed by atoms with Crippen LogP contribution in [0.2, 0.25) is 0 Å². The molecule has 1 atom stereocenters. The van der Waals surface area contributed by atoms with Crippen molar-refractivity contribution in [2.75, 3.05) is 31.6 Å². The van der Waals surface area contributed by atoms with Crippen LogP contribution in [0.3, 0.4) is 0 Å². The number of methoxy groups -OCH3 is 1. The summed E-state index contributed by atoms with van der Waals surface area (Å²) in [4.78, 5) is 23.1. The zero-order chi connectivity index (χ0) is 22.1. The standard InChI is InChI=1S/C23H32N6O2.HI/c1-3-25-23(27-14-17-8-10-20(31-2)11-9-17)28-15-18-6-4-12-26-22(18)29-13-5-7-19(16-29)21(24)30;/h4,6,8-12,19H,3,5,7,13-16H2,1-2H3,(H2,24,30)(H2,25,27,28);1H. The van der Waals surface area contributed by atoms with Gasteiger partial charge < -0.3 is 26.0 Å². The van der Waals surface area contributed by atoms with E-state index in [0.717, 1.165) is 54.6 Å². The molecule has 0 aliphatic carbocycles. The number of nitrogens with zero attached hydrogens (tertiary/aromatic N) is 3. The molecule has 2 aromatic rings. The second kappa shape index (κ2) is 13.1. The fraction of sp³-hybridized carbons (Fsp3) is 0.435. The number of carbonyl (C=O) groups excluding carboxylic acids is 1. The fourth-order valence-electron chi connectivity index (χ4n) is 3.68. The number of nitrogens with one attached hydrogen (secondary N) is 2. The summed E-state index contributed by atoms with van der Waals surface area (Å²) < 4.78 is 5.21. The second-order valence-electron chi connectivity index (χ2n) is 7.57. The molecule has 1 saturated heterocycles. The number of halogens is 1. The van der Waals surface area contributed by atoms with E-state index in [1.54, 1.807) is 13.3 Å². The Morgan fingerprint density at radius 1 is 1.28 bits per heavy atom. The summed E-state index contributed by atoms with van der Waals surface area (Å²) in [6.07, 6.45) is 3.56. The number of nitrogens with two attached hydrogens (primary N) is 1. The lowest BCUT2D eigenvalue weighted by Crippen LogP contribution is -2.42. The van der Waals surface area contributed by atoms with Crippen LogP contribution in [-0.2, 0) is 17.9 Å². The van der Waals surface area contributed by atoms with Crippen molar-refractivity contribution in [2.45, 2.75) is 32.9 Å². The number of amides is 1. The van der Waals surface area contributed by atoms with Crippen molar-refractivity contribution in [1.29, 1.82) is 0 Å². The SMILES string of the molecule is CCNC(=NCc1ccc(OC)cc1)NCc1cccnc1N1CCCC(C(N)=O)C1.I. The summed E-state index contributed by atoms with van der Waals surface area (Å²) in [5.74, 6) is 2.10. The van der Waals surface area contributed by atoms with E-state index in [0.29, 0.717) is 19.6 Å². The van der Waals surface area contributed by atoms with Gasteiger partial charge in [0, 0.05) is 37.9 Å². The lowest BCUT2D eigenvalue weighted by molar-refractivity contribution is -0.122. The molecule has 1 unspecified atom stereocenters. The Morgan fingerprint density at radius 2 is 2.06 bits per heavy atom. The maximum atomic E-state index is 11.7. The molecule has 1 aliphatic heterocycles. The number of hydrogen-bond acceptors (Lipinski definition) is 5. The molecule has 1 aromatic carbocycles. The quantitative estimate of drug-likeness (QED) is 0.264. The highest BCUT2D eigenvalue weighted by atomic mass is 127. The van der Waals surface area contributed by atoms with Crippen molar-refractivity contribution in [3.63, 3.8) is 0 Å². The lowest BCUT2D eigenvalue weighted by Gasteiger charge is -2.33. The highest BCUT2D eigenvalue weighted by molar-refractivity contribution is 14.0. The van der Waals surface area contributed by atoms with Gasteiger partial charge in [-0.2, -0.15) is 0 Å². The van der Waals surface area contributed by atoms with Crippen molar-refractivity contribution < 1.29 is 9.53 Å². The molecule has 8 nitrogen and oxygen atoms in total. The third-order valence-electron chi connectivity index (χ3n) is 5.36. The summed E-state index contributed by atoms with van der Waals surface area (Å²) in [6.45, 7) is 5.43. The van der Waals surface area contributed by atoms with Crippen molar-refractivity contribution in [3.8, 4) is 5.75 Å². The molecular weight excluding hydrogens is 519 g/mol. The molecule has 0 spiro atoms. The molecule has 9 heteroatoms. The number of pyridine rings is 1. The highest BCUT2D eigenvalue weighted by Crippen LogP contribution is 2.24. The summed E-state index contributed by atoms with van der Waals surface area (Å²) in [7, 11) is 1.66. The van der Waals surface area contributed by atoms with E-state index in [1.807, 2.05) is 37.3 Å². The number of piperidine rings is 1. The zero-order valence-electron chi connectivity index (χ0n) is 18.7. The number of aromatic nitrogens is 1. The molecule has 1 amide bonds. The molecule has 1 aromatic heterocycles. The average molecular weight is 552 g/mol. The number of benzene rings is 1. The van der Waals surface area contributed by atoms with Gasteiger partial charge in [0.15, 0.2) is 5.96 Å². The maximum absolute atomic E-state index is 11.7. The maximum Gasteiger partial charge on any atom is 0.222 e. The van der Waals surface area contributed by atoms with Crippen LogP contribution < -0.4 is 26.0 Å². The molecule has 32 heavy (non-hydrogen) atoms. The van der Waals surface area contributed by atoms with E-state index < -0.39 is 0 Å². The van der Waals surface area contributed by atoms with E-state index in [-0.39, 0.29) is 35.8 Å². The Kier molecular flexibility index (Phi) is 10.5. The number of aliphatic imine (C=N–C) groups is 1. The topological polar surface area (TPSA) is 105 Å². The predicted molar refractivity (Wildman–Crippen MR) is 138 cm³/mol. The number of carbonyl (C=O) groups is 1. The molecule has 174 valence electrons. The first-order valence-corrected chi connectivity index (χ1v) is 10.7. The van der Waals surface area contributed by atoms with Crippen LogP contribution in [0.25, 0.3) is 0 Å². The molecule has 0 radical (unpaired) electrons. The van der Waals surface area contributed by atoms with Crippen molar-refractivity contribution >= 4 is 41.7 Å². The van der Waals surface area contributed by atoms with Crippen LogP contribution in [0, 0.1) is 5.92 Å². The molecule has 1 aliphatic rings. The van der Waals surface area contributed by atoms with Crippen LogP contribution >= 0.6 is 24.0 Å². The molecule has 0 saturated carbocycles. The van der Waals surface area contributed by atoms with E-state index >= 15 is 0 Å². The van der Waals surface area contributed by atoms with Gasteiger partial charge in [-0.15, -0.1) is 24.0 Å². The number of primary amides is 1. The van der Waals surface area contributed by atoms with Gasteiger partial charge in [-0.05, 0) is 43.5 Å². The zero-order valence-corrected chi connectivity index (χ0v) is 21.0. The average Bonchev–Trinajstić information content (AvgIpc) is 2.81. The van der Waals surface area contributed by atoms with Crippen molar-refractivity contribution in [3.05, 3.63) is 53.7 Å². The van der Waals surface area contributed by atoms with Crippen LogP contribution in [0.15, 0.2) is 47.6 Å². The van der Waals surface area contributed by atoms with Gasteiger partial charge >= 0.3 is 0 Å². The van der Waals surface area contributed by atoms with Crippen LogP contribution in [0.5, 0.6) is 5.75 Å². The third-order valence-corrected chi connectivity index (χ3v) is 5.36. The van der Waals surface area contributed by atoms with Crippen LogP contribution in [0.1, 0.15) is 30.9 Å². The highest BCUT2D eigenvalue weighted by Gasteiger charge is 2.25. The summed E-state index contributed by atoms with van der Waals surface area (Å²) >= 11 is 0. The van der Waals surface area contributed by atoms with E-state index in [1.165, 1.54) is 0 Å². The summed E-state index contributed by atoms with van der Waals surface area (Å²) in [5, 5.41) is 6.68. The summed E-state index contributed by atoms with van der Waals surface area (Å²) in [5.41, 5.74) is 7.71.